The van der Waals surface area contributed by atoms with Gasteiger partial charge >= 0.3 is 0 Å². The molecule has 0 radical (unpaired) electrons. The maximum atomic E-state index is 11.5. The van der Waals surface area contributed by atoms with Gasteiger partial charge in [-0.2, -0.15) is 0 Å². The van der Waals surface area contributed by atoms with Crippen molar-refractivity contribution >= 4 is 11.7 Å². The van der Waals surface area contributed by atoms with Crippen LogP contribution in [0.2, 0.25) is 0 Å². The van der Waals surface area contributed by atoms with E-state index in [1.54, 1.807) is 19.2 Å². The predicted molar refractivity (Wildman–Crippen MR) is 56.5 cm³/mol. The summed E-state index contributed by atoms with van der Waals surface area (Å²) in [5.74, 6) is -1.12. The van der Waals surface area contributed by atoms with Gasteiger partial charge in [0.1, 0.15) is 6.33 Å². The van der Waals surface area contributed by atoms with E-state index in [0.717, 1.165) is 0 Å². The average molecular weight is 223 g/mol. The zero-order chi connectivity index (χ0) is 12.0. The Morgan fingerprint density at radius 1 is 1.75 bits per heavy atom. The number of aromatic nitrogens is 2. The third-order valence-corrected chi connectivity index (χ3v) is 2.04. The van der Waals surface area contributed by atoms with Crippen LogP contribution in [-0.4, -0.2) is 26.9 Å². The van der Waals surface area contributed by atoms with Gasteiger partial charge in [-0.15, -0.1) is 0 Å². The fourth-order valence-electron chi connectivity index (χ4n) is 0.974. The number of nitrogens with two attached hydrogens (primary N) is 1. The Bertz CT molecular complexity index is 379. The molecule has 1 unspecified atom stereocenters. The molecule has 4 N–H and O–H groups in total. The summed E-state index contributed by atoms with van der Waals surface area (Å²) in [6, 6.07) is 1.69. The normalized spacial score (nSPS) is 13.2. The quantitative estimate of drug-likeness (QED) is 0.275. The van der Waals surface area contributed by atoms with Crippen molar-refractivity contribution < 1.29 is 10.0 Å². The second-order valence-corrected chi connectivity index (χ2v) is 3.17. The van der Waals surface area contributed by atoms with Crippen LogP contribution in [0.15, 0.2) is 23.7 Å². The molecule has 1 heterocycles. The molecule has 0 aliphatic heterocycles. The molecule has 7 nitrogen and oxygen atoms in total. The van der Waals surface area contributed by atoms with Crippen molar-refractivity contribution in [3.05, 3.63) is 24.3 Å². The molecule has 16 heavy (non-hydrogen) atoms. The van der Waals surface area contributed by atoms with E-state index in [2.05, 4.69) is 20.4 Å². The van der Waals surface area contributed by atoms with Gasteiger partial charge in [-0.1, -0.05) is 5.16 Å². The van der Waals surface area contributed by atoms with Gasteiger partial charge in [0.25, 0.3) is 0 Å². The molecule has 1 aromatic heterocycles. The highest BCUT2D eigenvalue weighted by Crippen LogP contribution is 1.96. The Kier molecular flexibility index (Phi) is 4.19. The Morgan fingerprint density at radius 2 is 2.50 bits per heavy atom. The van der Waals surface area contributed by atoms with E-state index in [9.17, 15) is 4.79 Å². The maximum absolute atomic E-state index is 11.5. The lowest BCUT2D eigenvalue weighted by Crippen LogP contribution is -2.36. The first-order valence-electron chi connectivity index (χ1n) is 4.65. The minimum absolute atomic E-state index is 0.125. The number of carbonyl (C=O) groups is 1. The molecule has 7 heteroatoms. The molecule has 0 saturated carbocycles. The number of rotatable bonds is 4. The number of hydrogen-bond acceptors (Lipinski definition) is 5. The summed E-state index contributed by atoms with van der Waals surface area (Å²) in [5, 5.41) is 13.8. The van der Waals surface area contributed by atoms with Gasteiger partial charge in [-0.25, -0.2) is 9.97 Å². The summed E-state index contributed by atoms with van der Waals surface area (Å²) in [6.45, 7) is 1.83. The first-order valence-corrected chi connectivity index (χ1v) is 4.65. The minimum Gasteiger partial charge on any atom is -0.409 e. The summed E-state index contributed by atoms with van der Waals surface area (Å²) in [7, 11) is 0. The fourth-order valence-corrected chi connectivity index (χ4v) is 0.974. The minimum atomic E-state index is -0.674. The van der Waals surface area contributed by atoms with Crippen molar-refractivity contribution in [2.75, 3.05) is 0 Å². The number of nitrogens with one attached hydrogen (secondary N) is 1. The zero-order valence-electron chi connectivity index (χ0n) is 8.79. The molecule has 0 saturated heterocycles. The number of carbonyl (C=O) groups excluding carboxylic acids is 1. The van der Waals surface area contributed by atoms with Crippen LogP contribution in [0, 0.1) is 5.92 Å². The highest BCUT2D eigenvalue weighted by atomic mass is 16.4. The molecule has 0 bridgehead atoms. The second-order valence-electron chi connectivity index (χ2n) is 3.17. The lowest BCUT2D eigenvalue weighted by atomic mass is 10.1. The monoisotopic (exact) mass is 223 g/mol. The molecule has 0 fully saturated rings. The Balaban J connectivity index is 2.48. The molecule has 1 atom stereocenters. The van der Waals surface area contributed by atoms with Gasteiger partial charge < -0.3 is 16.3 Å². The van der Waals surface area contributed by atoms with Gasteiger partial charge in [-0.05, 0) is 13.0 Å². The van der Waals surface area contributed by atoms with Crippen LogP contribution in [-0.2, 0) is 11.3 Å². The molecule has 0 aliphatic rings. The van der Waals surface area contributed by atoms with Crippen LogP contribution in [0.5, 0.6) is 0 Å². The molecule has 1 amide bonds. The van der Waals surface area contributed by atoms with E-state index >= 15 is 0 Å². The van der Waals surface area contributed by atoms with Crippen molar-refractivity contribution in [1.29, 1.82) is 0 Å². The van der Waals surface area contributed by atoms with Gasteiger partial charge in [0, 0.05) is 6.20 Å². The maximum Gasteiger partial charge on any atom is 0.230 e. The van der Waals surface area contributed by atoms with Gasteiger partial charge in [-0.3, -0.25) is 4.79 Å². The highest BCUT2D eigenvalue weighted by Gasteiger charge is 2.16. The first kappa shape index (κ1) is 11.9. The number of amides is 1. The number of hydrogen-bond donors (Lipinski definition) is 3. The first-order chi connectivity index (χ1) is 7.65. The summed E-state index contributed by atoms with van der Waals surface area (Å²) in [4.78, 5) is 19.2. The van der Waals surface area contributed by atoms with E-state index in [1.165, 1.54) is 6.33 Å². The molecule has 0 aliphatic carbocycles. The Labute approximate surface area is 92.4 Å². The standard InChI is InChI=1S/C9H13N5O2/c1-6(8(10)14-16)9(15)12-4-7-2-3-11-5-13-7/h2-3,5-6,16H,4H2,1H3,(H2,10,14)(H,12,15). The largest absolute Gasteiger partial charge is 0.409 e. The van der Waals surface area contributed by atoms with Crippen LogP contribution < -0.4 is 11.1 Å². The van der Waals surface area contributed by atoms with Crippen LogP contribution in [0.3, 0.4) is 0 Å². The fraction of sp³-hybridized carbons (Fsp3) is 0.333. The van der Waals surface area contributed by atoms with Gasteiger partial charge in [0.05, 0.1) is 18.2 Å². The van der Waals surface area contributed by atoms with E-state index in [0.29, 0.717) is 5.69 Å². The van der Waals surface area contributed by atoms with Crippen molar-refractivity contribution in [1.82, 2.24) is 15.3 Å². The van der Waals surface area contributed by atoms with E-state index in [1.807, 2.05) is 0 Å². The van der Waals surface area contributed by atoms with Crippen molar-refractivity contribution in [2.24, 2.45) is 16.8 Å². The van der Waals surface area contributed by atoms with E-state index in [4.69, 9.17) is 10.9 Å². The predicted octanol–water partition coefficient (Wildman–Crippen LogP) is -0.525. The van der Waals surface area contributed by atoms with Crippen molar-refractivity contribution in [2.45, 2.75) is 13.5 Å². The summed E-state index contributed by atoms with van der Waals surface area (Å²) in [6.07, 6.45) is 2.98. The molecule has 86 valence electrons. The molecular weight excluding hydrogens is 210 g/mol. The molecule has 0 spiro atoms. The zero-order valence-corrected chi connectivity index (χ0v) is 8.79. The topological polar surface area (TPSA) is 113 Å². The lowest BCUT2D eigenvalue weighted by molar-refractivity contribution is -0.122. The van der Waals surface area contributed by atoms with Crippen molar-refractivity contribution in [3.63, 3.8) is 0 Å². The molecular formula is C9H13N5O2. The summed E-state index contributed by atoms with van der Waals surface area (Å²) >= 11 is 0. The molecule has 1 aromatic rings. The second kappa shape index (κ2) is 5.64. The van der Waals surface area contributed by atoms with E-state index in [-0.39, 0.29) is 18.3 Å². The van der Waals surface area contributed by atoms with Gasteiger partial charge in [0.2, 0.25) is 5.91 Å². The Morgan fingerprint density at radius 3 is 3.06 bits per heavy atom. The van der Waals surface area contributed by atoms with Crippen LogP contribution in [0.1, 0.15) is 12.6 Å². The van der Waals surface area contributed by atoms with Crippen LogP contribution >= 0.6 is 0 Å². The molecule has 1 rings (SSSR count). The number of oxime groups is 1. The van der Waals surface area contributed by atoms with Crippen LogP contribution in [0.25, 0.3) is 0 Å². The number of amidine groups is 1. The number of nitrogens with zero attached hydrogens (tertiary/aromatic N) is 3. The van der Waals surface area contributed by atoms with Gasteiger partial charge in [0.15, 0.2) is 5.84 Å². The van der Waals surface area contributed by atoms with Crippen molar-refractivity contribution in [3.8, 4) is 0 Å². The third kappa shape index (κ3) is 3.19. The highest BCUT2D eigenvalue weighted by molar-refractivity contribution is 6.01. The third-order valence-electron chi connectivity index (χ3n) is 2.04. The molecule has 0 aromatic carbocycles. The average Bonchev–Trinajstić information content (AvgIpc) is 2.35. The SMILES string of the molecule is CC(C(=O)NCc1ccncn1)/C(N)=N/O. The van der Waals surface area contributed by atoms with Crippen LogP contribution in [0.4, 0.5) is 0 Å². The lowest BCUT2D eigenvalue weighted by Gasteiger charge is -2.09. The Hall–Kier alpha value is -2.18. The smallest absolute Gasteiger partial charge is 0.230 e. The summed E-state index contributed by atoms with van der Waals surface area (Å²) < 4.78 is 0. The summed E-state index contributed by atoms with van der Waals surface area (Å²) in [5.41, 5.74) is 5.99. The van der Waals surface area contributed by atoms with E-state index < -0.39 is 5.92 Å².